The Balaban J connectivity index is 1.82. The third-order valence-electron chi connectivity index (χ3n) is 4.48. The van der Waals surface area contributed by atoms with Crippen LogP contribution in [-0.4, -0.2) is 47.7 Å². The summed E-state index contributed by atoms with van der Waals surface area (Å²) in [4.78, 5) is 31.9. The van der Waals surface area contributed by atoms with E-state index in [9.17, 15) is 10.1 Å². The number of hydrogen-bond acceptors (Lipinski definition) is 11. The molecule has 0 unspecified atom stereocenters. The predicted octanol–water partition coefficient (Wildman–Crippen LogP) is 2.26. The number of carbonyl (C=O) groups is 1. The fourth-order valence-corrected chi connectivity index (χ4v) is 2.99. The summed E-state index contributed by atoms with van der Waals surface area (Å²) < 4.78 is 1.28. The predicted molar refractivity (Wildman–Crippen MR) is 117 cm³/mol. The summed E-state index contributed by atoms with van der Waals surface area (Å²) in [5.41, 5.74) is 6.57. The van der Waals surface area contributed by atoms with E-state index in [0.717, 1.165) is 0 Å². The van der Waals surface area contributed by atoms with E-state index < -0.39 is 5.91 Å². The first-order chi connectivity index (χ1) is 16.0. The molecule has 33 heavy (non-hydrogen) atoms. The highest BCUT2D eigenvalue weighted by Crippen LogP contribution is 2.36. The molecular formula is C19H17N13O. The number of pyridine rings is 1. The van der Waals surface area contributed by atoms with Crippen molar-refractivity contribution in [2.24, 2.45) is 16.0 Å². The van der Waals surface area contributed by atoms with Gasteiger partial charge in [0.15, 0.2) is 11.6 Å². The van der Waals surface area contributed by atoms with Crippen LogP contribution in [0.5, 0.6) is 0 Å². The minimum Gasteiger partial charge on any atom is -0.371 e. The van der Waals surface area contributed by atoms with E-state index in [1.165, 1.54) is 23.3 Å². The zero-order chi connectivity index (χ0) is 23.4. The Hall–Kier alpha value is -5.19. The molecule has 4 aromatic rings. The van der Waals surface area contributed by atoms with Gasteiger partial charge in [-0.1, -0.05) is 0 Å². The SMILES string of the molecule is CNc1nc(Nc2ncc[nH]2)c(C(N)=O)c(C)c1/N=N/c1c(C#N)cnn1-c1ncccn1. The second-order valence-corrected chi connectivity index (χ2v) is 6.49. The van der Waals surface area contributed by atoms with Gasteiger partial charge in [0.05, 0.1) is 11.8 Å². The number of H-pyrrole nitrogens is 1. The lowest BCUT2D eigenvalue weighted by Crippen LogP contribution is -2.17. The molecule has 14 nitrogen and oxygen atoms in total. The van der Waals surface area contributed by atoms with Crippen molar-refractivity contribution in [3.05, 3.63) is 53.7 Å². The first-order valence-electron chi connectivity index (χ1n) is 9.49. The van der Waals surface area contributed by atoms with Gasteiger partial charge < -0.3 is 21.4 Å². The Morgan fingerprint density at radius 1 is 1.21 bits per heavy atom. The standard InChI is InChI=1S/C19H17N13O/c1-10-12(14(21)33)15(29-18-23-6-7-24-18)28-16(22-2)13(10)30-31-17-11(8-20)9-27-32(17)19-25-4-3-5-26-19/h3-7,9H,1-2H3,(H2,21,33)(H3,22,23,24,28,29)/b31-30+. The summed E-state index contributed by atoms with van der Waals surface area (Å²) in [7, 11) is 1.64. The van der Waals surface area contributed by atoms with E-state index in [-0.39, 0.29) is 34.4 Å². The summed E-state index contributed by atoms with van der Waals surface area (Å²) in [5, 5.41) is 27.9. The third-order valence-corrected chi connectivity index (χ3v) is 4.48. The second-order valence-electron chi connectivity index (χ2n) is 6.49. The summed E-state index contributed by atoms with van der Waals surface area (Å²) in [6, 6.07) is 3.66. The van der Waals surface area contributed by atoms with Gasteiger partial charge in [-0.15, -0.1) is 10.2 Å². The van der Waals surface area contributed by atoms with E-state index >= 15 is 0 Å². The number of nitrogens with one attached hydrogen (secondary N) is 3. The second kappa shape index (κ2) is 8.89. The summed E-state index contributed by atoms with van der Waals surface area (Å²) in [5.74, 6) is 0.505. The van der Waals surface area contributed by atoms with E-state index in [1.807, 2.05) is 6.07 Å². The lowest BCUT2D eigenvalue weighted by Gasteiger charge is -2.15. The number of rotatable bonds is 7. The molecule has 4 aromatic heterocycles. The number of amides is 1. The van der Waals surface area contributed by atoms with Crippen molar-refractivity contribution in [3.8, 4) is 12.0 Å². The molecule has 0 atom stereocenters. The van der Waals surface area contributed by atoms with Gasteiger partial charge in [-0.2, -0.15) is 15.0 Å². The number of azo groups is 1. The topological polar surface area (TPSA) is 201 Å². The Bertz CT molecular complexity index is 1370. The van der Waals surface area contributed by atoms with Crippen molar-refractivity contribution in [1.29, 1.82) is 5.26 Å². The van der Waals surface area contributed by atoms with Crippen LogP contribution in [0, 0.1) is 18.3 Å². The zero-order valence-electron chi connectivity index (χ0n) is 17.5. The van der Waals surface area contributed by atoms with Crippen molar-refractivity contribution in [2.75, 3.05) is 17.7 Å². The number of nitrogens with two attached hydrogens (primary N) is 1. The number of aromatic nitrogens is 7. The molecule has 1 amide bonds. The fourth-order valence-electron chi connectivity index (χ4n) is 2.99. The molecule has 4 heterocycles. The molecule has 0 aliphatic carbocycles. The van der Waals surface area contributed by atoms with Crippen molar-refractivity contribution < 1.29 is 4.79 Å². The highest BCUT2D eigenvalue weighted by Gasteiger charge is 2.22. The van der Waals surface area contributed by atoms with Crippen LogP contribution in [0.3, 0.4) is 0 Å². The molecule has 0 saturated carbocycles. The van der Waals surface area contributed by atoms with E-state index in [1.54, 1.807) is 32.4 Å². The van der Waals surface area contributed by atoms with E-state index in [0.29, 0.717) is 17.3 Å². The van der Waals surface area contributed by atoms with Crippen LogP contribution in [0.15, 0.2) is 47.3 Å². The highest BCUT2D eigenvalue weighted by atomic mass is 16.1. The molecule has 14 heteroatoms. The monoisotopic (exact) mass is 443 g/mol. The highest BCUT2D eigenvalue weighted by molar-refractivity contribution is 6.01. The molecule has 0 aliphatic heterocycles. The first kappa shape index (κ1) is 21.1. The van der Waals surface area contributed by atoms with Crippen LogP contribution in [0.2, 0.25) is 0 Å². The molecule has 0 bridgehead atoms. The molecule has 0 saturated heterocycles. The van der Waals surface area contributed by atoms with Gasteiger partial charge >= 0.3 is 0 Å². The molecule has 0 spiro atoms. The summed E-state index contributed by atoms with van der Waals surface area (Å²) >= 11 is 0. The van der Waals surface area contributed by atoms with E-state index in [4.69, 9.17) is 5.73 Å². The molecule has 164 valence electrons. The average molecular weight is 443 g/mol. The van der Waals surface area contributed by atoms with Crippen LogP contribution in [-0.2, 0) is 0 Å². The lowest BCUT2D eigenvalue weighted by atomic mass is 10.1. The van der Waals surface area contributed by atoms with Crippen molar-refractivity contribution >= 4 is 35.0 Å². The van der Waals surface area contributed by atoms with E-state index in [2.05, 4.69) is 50.9 Å². The van der Waals surface area contributed by atoms with Crippen LogP contribution < -0.4 is 16.4 Å². The third kappa shape index (κ3) is 4.05. The number of nitriles is 1. The number of anilines is 3. The molecule has 0 aromatic carbocycles. The van der Waals surface area contributed by atoms with Gasteiger partial charge in [-0.05, 0) is 18.6 Å². The number of primary amides is 1. The molecule has 0 radical (unpaired) electrons. The van der Waals surface area contributed by atoms with Crippen molar-refractivity contribution in [1.82, 2.24) is 34.7 Å². The molecule has 0 aliphatic rings. The largest absolute Gasteiger partial charge is 0.371 e. The Morgan fingerprint density at radius 3 is 2.64 bits per heavy atom. The van der Waals surface area contributed by atoms with Crippen LogP contribution in [0.1, 0.15) is 21.5 Å². The minimum absolute atomic E-state index is 0.111. The maximum atomic E-state index is 12.2. The van der Waals surface area contributed by atoms with Crippen molar-refractivity contribution in [3.63, 3.8) is 0 Å². The maximum Gasteiger partial charge on any atom is 0.252 e. The molecular weight excluding hydrogens is 426 g/mol. The number of carbonyl (C=O) groups excluding carboxylic acids is 1. The zero-order valence-corrected chi connectivity index (χ0v) is 17.5. The van der Waals surface area contributed by atoms with Gasteiger partial charge in [0.2, 0.25) is 5.95 Å². The number of hydrogen-bond donors (Lipinski definition) is 4. The normalized spacial score (nSPS) is 10.8. The smallest absolute Gasteiger partial charge is 0.252 e. The fraction of sp³-hybridized carbons (Fsp3) is 0.105. The number of nitrogens with zero attached hydrogens (tertiary/aromatic N) is 9. The summed E-state index contributed by atoms with van der Waals surface area (Å²) in [6.45, 7) is 1.66. The number of imidazole rings is 1. The van der Waals surface area contributed by atoms with Gasteiger partial charge in [0.25, 0.3) is 11.9 Å². The van der Waals surface area contributed by atoms with Crippen molar-refractivity contribution in [2.45, 2.75) is 6.92 Å². The Labute approximate surface area is 186 Å². The lowest BCUT2D eigenvalue weighted by molar-refractivity contribution is 0.100. The Morgan fingerprint density at radius 2 is 2.00 bits per heavy atom. The average Bonchev–Trinajstić information content (AvgIpc) is 3.48. The van der Waals surface area contributed by atoms with Gasteiger partial charge in [-0.25, -0.2) is 19.9 Å². The van der Waals surface area contributed by atoms with Crippen LogP contribution in [0.25, 0.3) is 5.95 Å². The molecule has 0 fully saturated rings. The quantitative estimate of drug-likeness (QED) is 0.309. The Kier molecular flexibility index (Phi) is 5.68. The maximum absolute atomic E-state index is 12.2. The molecule has 4 rings (SSSR count). The number of aromatic amines is 1. The molecule has 5 N–H and O–H groups in total. The van der Waals surface area contributed by atoms with Gasteiger partial charge in [0.1, 0.15) is 23.1 Å². The first-order valence-corrected chi connectivity index (χ1v) is 9.49. The minimum atomic E-state index is -0.714. The van der Waals surface area contributed by atoms with Crippen LogP contribution >= 0.6 is 0 Å². The summed E-state index contributed by atoms with van der Waals surface area (Å²) in [6.07, 6.45) is 7.57. The van der Waals surface area contributed by atoms with Crippen LogP contribution in [0.4, 0.5) is 29.1 Å². The van der Waals surface area contributed by atoms with Gasteiger partial charge in [0, 0.05) is 31.8 Å². The van der Waals surface area contributed by atoms with Gasteiger partial charge in [-0.3, -0.25) is 4.79 Å².